The van der Waals surface area contributed by atoms with Gasteiger partial charge in [0.05, 0.1) is 25.3 Å². The van der Waals surface area contributed by atoms with Crippen LogP contribution in [0.3, 0.4) is 0 Å². The highest BCUT2D eigenvalue weighted by Gasteiger charge is 2.27. The van der Waals surface area contributed by atoms with Crippen LogP contribution in [0.2, 0.25) is 0 Å². The molecule has 0 atom stereocenters. The number of ether oxygens (including phenoxy) is 2. The molecule has 1 amide bonds. The first-order valence-corrected chi connectivity index (χ1v) is 13.2. The Hall–Kier alpha value is -3.85. The number of hydrogen-bond acceptors (Lipinski definition) is 7. The maximum atomic E-state index is 13.2. The summed E-state index contributed by atoms with van der Waals surface area (Å²) < 4.78 is 10.5. The topological polar surface area (TPSA) is 108 Å². The highest BCUT2D eigenvalue weighted by atomic mass is 16.5. The average molecular weight is 519 g/mol. The summed E-state index contributed by atoms with van der Waals surface area (Å²) in [5, 5.41) is 10.6. The van der Waals surface area contributed by atoms with Gasteiger partial charge in [-0.15, -0.1) is 0 Å². The van der Waals surface area contributed by atoms with E-state index in [0.29, 0.717) is 52.8 Å². The number of amides is 1. The van der Waals surface area contributed by atoms with Gasteiger partial charge in [-0.3, -0.25) is 14.5 Å². The first kappa shape index (κ1) is 25.8. The third kappa shape index (κ3) is 5.38. The van der Waals surface area contributed by atoms with Crippen molar-refractivity contribution in [3.05, 3.63) is 63.6 Å². The summed E-state index contributed by atoms with van der Waals surface area (Å²) in [7, 11) is 3.04. The number of carbonyl (C=O) groups is 1. The van der Waals surface area contributed by atoms with Crippen molar-refractivity contribution in [1.29, 1.82) is 0 Å². The van der Waals surface area contributed by atoms with Crippen LogP contribution in [-0.2, 0) is 0 Å². The summed E-state index contributed by atoms with van der Waals surface area (Å²) in [5.74, 6) is 0.814. The number of H-pyrrole nitrogens is 1. The Bertz CT molecular complexity index is 1400. The molecule has 0 radical (unpaired) electrons. The highest BCUT2D eigenvalue weighted by molar-refractivity contribution is 5.97. The van der Waals surface area contributed by atoms with Crippen molar-refractivity contribution >= 4 is 28.8 Å². The van der Waals surface area contributed by atoms with E-state index < -0.39 is 5.56 Å². The van der Waals surface area contributed by atoms with Gasteiger partial charge in [-0.25, -0.2) is 4.98 Å². The molecular formula is C29H34N4O5. The second kappa shape index (κ2) is 11.3. The maximum absolute atomic E-state index is 13.2. The lowest BCUT2D eigenvalue weighted by Crippen LogP contribution is -2.52. The van der Waals surface area contributed by atoms with Crippen molar-refractivity contribution in [1.82, 2.24) is 19.8 Å². The Labute approximate surface area is 221 Å². The number of carbonyl (C=O) groups excluding carboxylic acids is 1. The minimum absolute atomic E-state index is 0.0360. The van der Waals surface area contributed by atoms with Crippen molar-refractivity contribution < 1.29 is 19.4 Å². The van der Waals surface area contributed by atoms with Crippen molar-refractivity contribution in [3.63, 3.8) is 0 Å². The van der Waals surface area contributed by atoms with Gasteiger partial charge in [0.15, 0.2) is 11.5 Å². The number of aromatic amines is 1. The minimum atomic E-state index is -0.463. The Balaban J connectivity index is 1.31. The van der Waals surface area contributed by atoms with Gasteiger partial charge >= 0.3 is 0 Å². The molecule has 2 fully saturated rings. The van der Waals surface area contributed by atoms with Gasteiger partial charge in [0.2, 0.25) is 0 Å². The van der Waals surface area contributed by atoms with E-state index in [4.69, 9.17) is 9.47 Å². The summed E-state index contributed by atoms with van der Waals surface area (Å²) in [4.78, 5) is 37.6. The molecule has 0 unspecified atom stereocenters. The molecule has 0 spiro atoms. The fourth-order valence-corrected chi connectivity index (χ4v) is 5.46. The molecule has 2 N–H and O–H groups in total. The number of piperazine rings is 1. The zero-order valence-electron chi connectivity index (χ0n) is 21.9. The van der Waals surface area contributed by atoms with Crippen LogP contribution in [0.1, 0.15) is 53.7 Å². The van der Waals surface area contributed by atoms with E-state index in [0.717, 1.165) is 13.1 Å². The lowest BCUT2D eigenvalue weighted by atomic mass is 9.94. The zero-order valence-corrected chi connectivity index (χ0v) is 21.9. The molecular weight excluding hydrogens is 484 g/mol. The SMILES string of the molecule is COc1ccc(C(O)=Cc2nc3ccc(C(=O)N4CCN(C5CCCCC5)CC4)cc3[nH]c2=O)cc1OC. The first-order chi connectivity index (χ1) is 18.5. The molecule has 2 aliphatic rings. The molecule has 1 saturated heterocycles. The van der Waals surface area contributed by atoms with Gasteiger partial charge in [-0.2, -0.15) is 0 Å². The molecule has 2 heterocycles. The number of fused-ring (bicyclic) bond motifs is 1. The second-order valence-corrected chi connectivity index (χ2v) is 9.90. The van der Waals surface area contributed by atoms with Crippen LogP contribution in [0.25, 0.3) is 22.9 Å². The molecule has 200 valence electrons. The number of methoxy groups -OCH3 is 2. The number of rotatable bonds is 6. The number of hydrogen-bond donors (Lipinski definition) is 2. The number of aliphatic hydroxyl groups is 1. The van der Waals surface area contributed by atoms with Crippen LogP contribution in [0.5, 0.6) is 11.5 Å². The normalized spacial score (nSPS) is 17.5. The molecule has 9 nitrogen and oxygen atoms in total. The molecule has 1 saturated carbocycles. The molecule has 5 rings (SSSR count). The number of nitrogens with zero attached hydrogens (tertiary/aromatic N) is 3. The van der Waals surface area contributed by atoms with Gasteiger partial charge in [0.25, 0.3) is 11.5 Å². The van der Waals surface area contributed by atoms with Crippen LogP contribution in [0.4, 0.5) is 0 Å². The highest BCUT2D eigenvalue weighted by Crippen LogP contribution is 2.30. The molecule has 1 aliphatic carbocycles. The van der Waals surface area contributed by atoms with E-state index in [1.165, 1.54) is 52.4 Å². The van der Waals surface area contributed by atoms with Gasteiger partial charge < -0.3 is 24.5 Å². The lowest BCUT2D eigenvalue weighted by Gasteiger charge is -2.40. The van der Waals surface area contributed by atoms with Gasteiger partial charge in [-0.05, 0) is 49.2 Å². The van der Waals surface area contributed by atoms with Crippen molar-refractivity contribution in [3.8, 4) is 11.5 Å². The van der Waals surface area contributed by atoms with Crippen molar-refractivity contribution in [2.45, 2.75) is 38.1 Å². The van der Waals surface area contributed by atoms with Gasteiger partial charge in [-0.1, -0.05) is 19.3 Å². The van der Waals surface area contributed by atoms with E-state index >= 15 is 0 Å². The molecule has 3 aromatic rings. The summed E-state index contributed by atoms with van der Waals surface area (Å²) in [6.07, 6.45) is 7.79. The molecule has 1 aromatic heterocycles. The first-order valence-electron chi connectivity index (χ1n) is 13.2. The minimum Gasteiger partial charge on any atom is -0.507 e. The summed E-state index contributed by atoms with van der Waals surface area (Å²) in [6.45, 7) is 3.23. The molecule has 2 aromatic carbocycles. The Kier molecular flexibility index (Phi) is 7.64. The van der Waals surface area contributed by atoms with E-state index in [1.54, 1.807) is 36.4 Å². The maximum Gasteiger partial charge on any atom is 0.274 e. The van der Waals surface area contributed by atoms with E-state index in [-0.39, 0.29) is 17.4 Å². The summed E-state index contributed by atoms with van der Waals surface area (Å²) in [5.41, 5.74) is 1.57. The summed E-state index contributed by atoms with van der Waals surface area (Å²) >= 11 is 0. The van der Waals surface area contributed by atoms with Crippen LogP contribution in [0, 0.1) is 0 Å². The Morgan fingerprint density at radius 1 is 0.974 bits per heavy atom. The molecule has 0 bridgehead atoms. The second-order valence-electron chi connectivity index (χ2n) is 9.90. The average Bonchev–Trinajstić information content (AvgIpc) is 2.97. The van der Waals surface area contributed by atoms with Crippen LogP contribution < -0.4 is 15.0 Å². The Morgan fingerprint density at radius 2 is 1.68 bits per heavy atom. The van der Waals surface area contributed by atoms with E-state index in [1.807, 2.05) is 4.90 Å². The van der Waals surface area contributed by atoms with E-state index in [9.17, 15) is 14.7 Å². The number of aliphatic hydroxyl groups excluding tert-OH is 1. The van der Waals surface area contributed by atoms with Gasteiger partial charge in [0, 0.05) is 49.4 Å². The Morgan fingerprint density at radius 3 is 2.39 bits per heavy atom. The molecule has 38 heavy (non-hydrogen) atoms. The standard InChI is InChI=1S/C29H34N4O5/c1-37-26-11-9-19(17-27(26)38-2)25(34)18-24-28(35)31-23-16-20(8-10-22(23)30-24)29(36)33-14-12-32(13-15-33)21-6-4-3-5-7-21/h8-11,16-18,21,34H,3-7,12-15H2,1-2H3,(H,31,35). The third-order valence-corrected chi connectivity index (χ3v) is 7.61. The zero-order chi connectivity index (χ0) is 26.6. The van der Waals surface area contributed by atoms with Crippen molar-refractivity contribution in [2.24, 2.45) is 0 Å². The lowest BCUT2D eigenvalue weighted by molar-refractivity contribution is 0.0523. The van der Waals surface area contributed by atoms with Crippen molar-refractivity contribution in [2.75, 3.05) is 40.4 Å². The largest absolute Gasteiger partial charge is 0.507 e. The quantitative estimate of drug-likeness (QED) is 0.473. The predicted molar refractivity (Wildman–Crippen MR) is 147 cm³/mol. The van der Waals surface area contributed by atoms with Gasteiger partial charge in [0.1, 0.15) is 11.5 Å². The number of nitrogens with one attached hydrogen (secondary N) is 1. The monoisotopic (exact) mass is 518 g/mol. The smallest absolute Gasteiger partial charge is 0.274 e. The molecule has 1 aliphatic heterocycles. The van der Waals surface area contributed by atoms with Crippen LogP contribution >= 0.6 is 0 Å². The van der Waals surface area contributed by atoms with Crippen LogP contribution in [-0.4, -0.2) is 77.2 Å². The van der Waals surface area contributed by atoms with Crippen LogP contribution in [0.15, 0.2) is 41.2 Å². The fourth-order valence-electron chi connectivity index (χ4n) is 5.46. The predicted octanol–water partition coefficient (Wildman–Crippen LogP) is 4.09. The fraction of sp³-hybridized carbons (Fsp3) is 0.414. The van der Waals surface area contributed by atoms with E-state index in [2.05, 4.69) is 14.9 Å². The summed E-state index contributed by atoms with van der Waals surface area (Å²) in [6, 6.07) is 10.8. The number of aromatic nitrogens is 2. The third-order valence-electron chi connectivity index (χ3n) is 7.61. The molecule has 9 heteroatoms. The number of benzene rings is 2.